The normalized spacial score (nSPS) is 12.9. The average Bonchev–Trinajstić information content (AvgIpc) is 3.25. The zero-order chi connectivity index (χ0) is 43.5. The molecule has 0 heterocycles. The number of carbonyl (C=O) groups is 2. The molecule has 0 spiro atoms. The largest absolute Gasteiger partial charge is 0.462 e. The number of unbranched alkanes of at least 4 members (excludes halogenated alkanes) is 20. The Bertz CT molecular complexity index is 1130. The third kappa shape index (κ3) is 47.8. The average molecular weight is 835 g/mol. The molecule has 0 N–H and O–H groups in total. The van der Waals surface area contributed by atoms with Gasteiger partial charge in [0.2, 0.25) is 0 Å². The summed E-state index contributed by atoms with van der Waals surface area (Å²) in [5.41, 5.74) is 0. The number of hydrogen-bond acceptors (Lipinski definition) is 5. The molecule has 344 valence electrons. The summed E-state index contributed by atoms with van der Waals surface area (Å²) < 4.78 is 17.3. The standard InChI is InChI=1S/C55H94O5/c1-4-7-10-13-16-19-22-24-26-27-28-29-31-32-34-36-39-42-45-48-54(56)59-52-53(51-58-50-47-44-41-38-21-18-15-12-9-6-3)60-55(57)49-46-43-40-37-35-33-30-25-23-20-17-14-11-8-5-2/h7-8,10-11,16-17,19-20,24-26,28-30,53H,4-6,9,12-15,18,21-23,27,31-52H2,1-3H3/b10-7-,11-8-,19-16-,20-17-,26-24-,29-28-,30-25-. The highest BCUT2D eigenvalue weighted by molar-refractivity contribution is 5.70. The van der Waals surface area contributed by atoms with Crippen LogP contribution in [0.25, 0.3) is 0 Å². The van der Waals surface area contributed by atoms with Gasteiger partial charge in [0.1, 0.15) is 6.61 Å². The molecule has 0 aliphatic heterocycles. The Morgan fingerprint density at radius 1 is 0.383 bits per heavy atom. The maximum Gasteiger partial charge on any atom is 0.306 e. The summed E-state index contributed by atoms with van der Waals surface area (Å²) in [4.78, 5) is 25.4. The van der Waals surface area contributed by atoms with E-state index in [1.54, 1.807) is 0 Å². The summed E-state index contributed by atoms with van der Waals surface area (Å²) >= 11 is 0. The third-order valence-electron chi connectivity index (χ3n) is 10.4. The molecule has 0 amide bonds. The molecular weight excluding hydrogens is 741 g/mol. The Hall–Kier alpha value is -2.92. The monoisotopic (exact) mass is 835 g/mol. The van der Waals surface area contributed by atoms with Gasteiger partial charge in [-0.3, -0.25) is 9.59 Å². The second-order valence-corrected chi connectivity index (χ2v) is 16.3. The first-order valence-electron chi connectivity index (χ1n) is 25.1. The van der Waals surface area contributed by atoms with Crippen molar-refractivity contribution in [2.24, 2.45) is 0 Å². The first kappa shape index (κ1) is 57.1. The zero-order valence-electron chi connectivity index (χ0n) is 39.5. The molecule has 0 saturated carbocycles. The highest BCUT2D eigenvalue weighted by atomic mass is 16.6. The lowest BCUT2D eigenvalue weighted by molar-refractivity contribution is -0.163. The zero-order valence-corrected chi connectivity index (χ0v) is 39.5. The van der Waals surface area contributed by atoms with E-state index in [1.165, 1.54) is 83.5 Å². The number of hydrogen-bond donors (Lipinski definition) is 0. The number of carbonyl (C=O) groups excluding carboxylic acids is 2. The highest BCUT2D eigenvalue weighted by Gasteiger charge is 2.17. The van der Waals surface area contributed by atoms with Crippen molar-refractivity contribution in [3.8, 4) is 0 Å². The van der Waals surface area contributed by atoms with Crippen molar-refractivity contribution in [2.75, 3.05) is 19.8 Å². The molecule has 5 heteroatoms. The molecule has 5 nitrogen and oxygen atoms in total. The van der Waals surface area contributed by atoms with E-state index >= 15 is 0 Å². The summed E-state index contributed by atoms with van der Waals surface area (Å²) in [7, 11) is 0. The van der Waals surface area contributed by atoms with Gasteiger partial charge in [0.05, 0.1) is 6.61 Å². The van der Waals surface area contributed by atoms with Crippen LogP contribution in [0, 0.1) is 0 Å². The number of ether oxygens (including phenoxy) is 3. The van der Waals surface area contributed by atoms with Crippen LogP contribution in [0.2, 0.25) is 0 Å². The molecule has 0 aromatic rings. The highest BCUT2D eigenvalue weighted by Crippen LogP contribution is 2.13. The Morgan fingerprint density at radius 2 is 0.750 bits per heavy atom. The van der Waals surface area contributed by atoms with Crippen LogP contribution >= 0.6 is 0 Å². The second-order valence-electron chi connectivity index (χ2n) is 16.3. The van der Waals surface area contributed by atoms with Crippen molar-refractivity contribution in [3.05, 3.63) is 85.1 Å². The van der Waals surface area contributed by atoms with E-state index in [2.05, 4.69) is 106 Å². The van der Waals surface area contributed by atoms with Crippen LogP contribution in [0.3, 0.4) is 0 Å². The molecule has 0 aliphatic rings. The maximum atomic E-state index is 12.8. The number of esters is 2. The Morgan fingerprint density at radius 3 is 1.20 bits per heavy atom. The summed E-state index contributed by atoms with van der Waals surface area (Å²) in [5, 5.41) is 0. The Kier molecular flexibility index (Phi) is 48.0. The smallest absolute Gasteiger partial charge is 0.306 e. The van der Waals surface area contributed by atoms with Crippen molar-refractivity contribution in [2.45, 2.75) is 232 Å². The van der Waals surface area contributed by atoms with E-state index < -0.39 is 6.10 Å². The predicted molar refractivity (Wildman–Crippen MR) is 260 cm³/mol. The molecule has 0 rings (SSSR count). The molecule has 1 atom stereocenters. The fourth-order valence-electron chi connectivity index (χ4n) is 6.75. The van der Waals surface area contributed by atoms with E-state index in [0.717, 1.165) is 109 Å². The second kappa shape index (κ2) is 50.4. The SMILES string of the molecule is CC/C=C\C/C=C\C/C=C\C/C=C\CCCCCCCCC(=O)OCC(COCCCCCCCCCCCC)OC(=O)CCCCCCC/C=C\C/C=C\C/C=C\CC. The minimum Gasteiger partial charge on any atom is -0.462 e. The van der Waals surface area contributed by atoms with Gasteiger partial charge >= 0.3 is 11.9 Å². The molecule has 0 saturated heterocycles. The van der Waals surface area contributed by atoms with Gasteiger partial charge in [-0.1, -0.05) is 209 Å². The van der Waals surface area contributed by atoms with E-state index in [4.69, 9.17) is 14.2 Å². The molecule has 0 radical (unpaired) electrons. The minimum atomic E-state index is -0.552. The van der Waals surface area contributed by atoms with E-state index in [9.17, 15) is 9.59 Å². The van der Waals surface area contributed by atoms with Gasteiger partial charge in [-0.05, 0) is 89.9 Å². The Labute approximate surface area is 371 Å². The summed E-state index contributed by atoms with van der Waals surface area (Å²) in [5.74, 6) is -0.432. The molecule has 1 unspecified atom stereocenters. The van der Waals surface area contributed by atoms with Crippen molar-refractivity contribution < 1.29 is 23.8 Å². The lowest BCUT2D eigenvalue weighted by atomic mass is 10.1. The van der Waals surface area contributed by atoms with E-state index in [1.807, 2.05) is 0 Å². The first-order valence-corrected chi connectivity index (χ1v) is 25.1. The minimum absolute atomic E-state index is 0.0686. The summed E-state index contributed by atoms with van der Waals surface area (Å²) in [6.45, 7) is 7.57. The molecule has 0 aromatic heterocycles. The van der Waals surface area contributed by atoms with Crippen LogP contribution in [0.15, 0.2) is 85.1 Å². The molecule has 0 bridgehead atoms. The van der Waals surface area contributed by atoms with Gasteiger partial charge in [0, 0.05) is 19.4 Å². The lowest BCUT2D eigenvalue weighted by Crippen LogP contribution is -2.30. The molecule has 60 heavy (non-hydrogen) atoms. The first-order chi connectivity index (χ1) is 29.6. The van der Waals surface area contributed by atoms with Crippen LogP contribution in [0.5, 0.6) is 0 Å². The van der Waals surface area contributed by atoms with Crippen LogP contribution in [0.4, 0.5) is 0 Å². The fourth-order valence-corrected chi connectivity index (χ4v) is 6.75. The van der Waals surface area contributed by atoms with Crippen LogP contribution in [-0.4, -0.2) is 37.9 Å². The third-order valence-corrected chi connectivity index (χ3v) is 10.4. The summed E-state index contributed by atoms with van der Waals surface area (Å²) in [6.07, 6.45) is 65.8. The number of allylic oxidation sites excluding steroid dienone is 14. The molecular formula is C55H94O5. The molecule has 0 aliphatic carbocycles. The van der Waals surface area contributed by atoms with Gasteiger partial charge in [0.25, 0.3) is 0 Å². The van der Waals surface area contributed by atoms with Gasteiger partial charge < -0.3 is 14.2 Å². The fraction of sp³-hybridized carbons (Fsp3) is 0.709. The van der Waals surface area contributed by atoms with E-state index in [-0.39, 0.29) is 25.2 Å². The van der Waals surface area contributed by atoms with Crippen LogP contribution < -0.4 is 0 Å². The van der Waals surface area contributed by atoms with Crippen molar-refractivity contribution in [1.29, 1.82) is 0 Å². The van der Waals surface area contributed by atoms with Crippen molar-refractivity contribution >= 4 is 11.9 Å². The predicted octanol–water partition coefficient (Wildman–Crippen LogP) is 16.9. The lowest BCUT2D eigenvalue weighted by Gasteiger charge is -2.18. The number of rotatable bonds is 45. The van der Waals surface area contributed by atoms with Gasteiger partial charge in [-0.25, -0.2) is 0 Å². The van der Waals surface area contributed by atoms with Crippen LogP contribution in [-0.2, 0) is 23.8 Å². The van der Waals surface area contributed by atoms with Gasteiger partial charge in [-0.15, -0.1) is 0 Å². The van der Waals surface area contributed by atoms with Crippen molar-refractivity contribution in [3.63, 3.8) is 0 Å². The summed E-state index contributed by atoms with van der Waals surface area (Å²) in [6, 6.07) is 0. The molecule has 0 fully saturated rings. The quantitative estimate of drug-likeness (QED) is 0.0347. The van der Waals surface area contributed by atoms with E-state index in [0.29, 0.717) is 19.4 Å². The van der Waals surface area contributed by atoms with Crippen molar-refractivity contribution in [1.82, 2.24) is 0 Å². The topological polar surface area (TPSA) is 61.8 Å². The van der Waals surface area contributed by atoms with Gasteiger partial charge in [0.15, 0.2) is 6.10 Å². The maximum absolute atomic E-state index is 12.8. The molecule has 0 aromatic carbocycles. The van der Waals surface area contributed by atoms with Crippen LogP contribution in [0.1, 0.15) is 226 Å². The van der Waals surface area contributed by atoms with Gasteiger partial charge in [-0.2, -0.15) is 0 Å². The Balaban J connectivity index is 4.27.